The molecular weight excluding hydrogens is 372 g/mol. The first kappa shape index (κ1) is 19.7. The fourth-order valence-electron chi connectivity index (χ4n) is 3.28. The van der Waals surface area contributed by atoms with Crippen molar-refractivity contribution < 1.29 is 4.79 Å². The van der Waals surface area contributed by atoms with Gasteiger partial charge in [0.15, 0.2) is 0 Å². The molecule has 1 N–H and O–H groups in total. The molecule has 2 heterocycles. The normalized spacial score (nSPS) is 11.1. The van der Waals surface area contributed by atoms with Crippen LogP contribution in [-0.4, -0.2) is 34.9 Å². The highest BCUT2D eigenvalue weighted by Gasteiger charge is 2.09. The van der Waals surface area contributed by atoms with Crippen molar-refractivity contribution in [3.63, 3.8) is 0 Å². The third-order valence-corrected chi connectivity index (χ3v) is 4.86. The van der Waals surface area contributed by atoms with Gasteiger partial charge in [-0.25, -0.2) is 0 Å². The standard InChI is InChI=1S/C25H24N4O/c1-17-4-6-18(7-5-17)23-12-9-20(15-26-23)25(30)28-21-11-13-24-19(14-21)8-10-22(27-24)16-29(2)3/h4-15H,16H2,1-3H3,(H,28,30). The molecule has 4 aromatic rings. The summed E-state index contributed by atoms with van der Waals surface area (Å²) in [4.78, 5) is 23.9. The average Bonchev–Trinajstić information content (AvgIpc) is 2.74. The maximum Gasteiger partial charge on any atom is 0.257 e. The van der Waals surface area contributed by atoms with Crippen molar-refractivity contribution in [3.8, 4) is 11.3 Å². The Balaban J connectivity index is 1.49. The van der Waals surface area contributed by atoms with Crippen LogP contribution < -0.4 is 5.32 Å². The highest BCUT2D eigenvalue weighted by atomic mass is 16.1. The lowest BCUT2D eigenvalue weighted by Crippen LogP contribution is -2.12. The first-order valence-electron chi connectivity index (χ1n) is 9.87. The number of nitrogens with zero attached hydrogens (tertiary/aromatic N) is 3. The lowest BCUT2D eigenvalue weighted by molar-refractivity contribution is 0.102. The fourth-order valence-corrected chi connectivity index (χ4v) is 3.28. The largest absolute Gasteiger partial charge is 0.322 e. The Labute approximate surface area is 176 Å². The van der Waals surface area contributed by atoms with Crippen molar-refractivity contribution >= 4 is 22.5 Å². The average molecular weight is 396 g/mol. The minimum Gasteiger partial charge on any atom is -0.322 e. The predicted octanol–water partition coefficient (Wildman–Crippen LogP) is 4.92. The zero-order chi connectivity index (χ0) is 21.1. The van der Waals surface area contributed by atoms with Gasteiger partial charge in [-0.2, -0.15) is 0 Å². The maximum atomic E-state index is 12.6. The lowest BCUT2D eigenvalue weighted by Gasteiger charge is -2.10. The molecule has 2 aromatic heterocycles. The number of nitrogens with one attached hydrogen (secondary N) is 1. The number of carbonyl (C=O) groups is 1. The maximum absolute atomic E-state index is 12.6. The molecule has 5 heteroatoms. The molecule has 0 radical (unpaired) electrons. The molecule has 0 aliphatic carbocycles. The van der Waals surface area contributed by atoms with Gasteiger partial charge >= 0.3 is 0 Å². The smallest absolute Gasteiger partial charge is 0.257 e. The predicted molar refractivity (Wildman–Crippen MR) is 121 cm³/mol. The third kappa shape index (κ3) is 4.53. The second-order valence-electron chi connectivity index (χ2n) is 7.70. The summed E-state index contributed by atoms with van der Waals surface area (Å²) < 4.78 is 0. The van der Waals surface area contributed by atoms with Crippen LogP contribution in [0.25, 0.3) is 22.2 Å². The zero-order valence-electron chi connectivity index (χ0n) is 17.4. The number of hydrogen-bond acceptors (Lipinski definition) is 4. The second-order valence-corrected chi connectivity index (χ2v) is 7.70. The molecule has 0 saturated heterocycles. The Bertz CT molecular complexity index is 1180. The van der Waals surface area contributed by atoms with Crippen molar-refractivity contribution in [1.82, 2.24) is 14.9 Å². The van der Waals surface area contributed by atoms with Gasteiger partial charge in [0.05, 0.1) is 22.5 Å². The number of rotatable bonds is 5. The van der Waals surface area contributed by atoms with Gasteiger partial charge in [-0.05, 0) is 57.4 Å². The number of amides is 1. The number of anilines is 1. The SMILES string of the molecule is Cc1ccc(-c2ccc(C(=O)Nc3ccc4nc(CN(C)C)ccc4c3)cn2)cc1. The molecule has 0 atom stereocenters. The molecule has 4 rings (SSSR count). The van der Waals surface area contributed by atoms with Gasteiger partial charge in [0.25, 0.3) is 5.91 Å². The Morgan fingerprint density at radius 2 is 1.77 bits per heavy atom. The number of carbonyl (C=O) groups excluding carboxylic acids is 1. The lowest BCUT2D eigenvalue weighted by atomic mass is 10.1. The van der Waals surface area contributed by atoms with Crippen LogP contribution in [0.1, 0.15) is 21.6 Å². The molecule has 0 bridgehead atoms. The van der Waals surface area contributed by atoms with Gasteiger partial charge in [-0.1, -0.05) is 35.9 Å². The molecule has 1 amide bonds. The van der Waals surface area contributed by atoms with E-state index in [1.165, 1.54) is 5.56 Å². The molecule has 0 fully saturated rings. The molecule has 30 heavy (non-hydrogen) atoms. The molecule has 150 valence electrons. The minimum absolute atomic E-state index is 0.186. The van der Waals surface area contributed by atoms with Crippen LogP contribution in [0.3, 0.4) is 0 Å². The van der Waals surface area contributed by atoms with Gasteiger partial charge in [0.2, 0.25) is 0 Å². The fraction of sp³-hybridized carbons (Fsp3) is 0.160. The van der Waals surface area contributed by atoms with Crippen LogP contribution in [0.15, 0.2) is 72.9 Å². The highest BCUT2D eigenvalue weighted by Crippen LogP contribution is 2.21. The van der Waals surface area contributed by atoms with E-state index in [-0.39, 0.29) is 5.91 Å². The number of pyridine rings is 2. The molecule has 0 spiro atoms. The molecule has 0 aliphatic rings. The van der Waals surface area contributed by atoms with Crippen LogP contribution >= 0.6 is 0 Å². The van der Waals surface area contributed by atoms with Crippen LogP contribution in [0.2, 0.25) is 0 Å². The topological polar surface area (TPSA) is 58.1 Å². The summed E-state index contributed by atoms with van der Waals surface area (Å²) in [5, 5.41) is 3.94. The van der Waals surface area contributed by atoms with E-state index in [1.807, 2.05) is 62.6 Å². The van der Waals surface area contributed by atoms with E-state index < -0.39 is 0 Å². The summed E-state index contributed by atoms with van der Waals surface area (Å²) in [5.74, 6) is -0.186. The van der Waals surface area contributed by atoms with E-state index in [1.54, 1.807) is 12.3 Å². The minimum atomic E-state index is -0.186. The summed E-state index contributed by atoms with van der Waals surface area (Å²) in [5.41, 5.74) is 6.26. The number of fused-ring (bicyclic) bond motifs is 1. The molecule has 2 aromatic carbocycles. The van der Waals surface area contributed by atoms with Gasteiger partial charge < -0.3 is 10.2 Å². The molecule has 0 saturated carbocycles. The summed E-state index contributed by atoms with van der Waals surface area (Å²) >= 11 is 0. The number of benzene rings is 2. The van der Waals surface area contributed by atoms with Crippen LogP contribution in [0.4, 0.5) is 5.69 Å². The summed E-state index contributed by atoms with van der Waals surface area (Å²) in [6.07, 6.45) is 1.61. The van der Waals surface area contributed by atoms with E-state index in [0.717, 1.165) is 40.1 Å². The first-order chi connectivity index (χ1) is 14.5. The van der Waals surface area contributed by atoms with Crippen molar-refractivity contribution in [2.24, 2.45) is 0 Å². The molecule has 0 unspecified atom stereocenters. The van der Waals surface area contributed by atoms with Crippen LogP contribution in [0.5, 0.6) is 0 Å². The van der Waals surface area contributed by atoms with E-state index in [9.17, 15) is 4.79 Å². The highest BCUT2D eigenvalue weighted by molar-refractivity contribution is 6.05. The summed E-state index contributed by atoms with van der Waals surface area (Å²) in [7, 11) is 4.04. The van der Waals surface area contributed by atoms with Crippen molar-refractivity contribution in [2.75, 3.05) is 19.4 Å². The monoisotopic (exact) mass is 396 g/mol. The quantitative estimate of drug-likeness (QED) is 0.520. The van der Waals surface area contributed by atoms with Crippen LogP contribution in [-0.2, 0) is 6.54 Å². The first-order valence-corrected chi connectivity index (χ1v) is 9.87. The third-order valence-electron chi connectivity index (χ3n) is 4.86. The zero-order valence-corrected chi connectivity index (χ0v) is 17.4. The number of aromatic nitrogens is 2. The molecule has 5 nitrogen and oxygen atoms in total. The Hall–Kier alpha value is -3.57. The van der Waals surface area contributed by atoms with Gasteiger partial charge in [-0.3, -0.25) is 14.8 Å². The second kappa shape index (κ2) is 8.43. The van der Waals surface area contributed by atoms with Crippen LogP contribution in [0, 0.1) is 6.92 Å². The van der Waals surface area contributed by atoms with Crippen molar-refractivity contribution in [1.29, 1.82) is 0 Å². The summed E-state index contributed by atoms with van der Waals surface area (Å²) in [6, 6.07) is 21.6. The number of aryl methyl sites for hydroxylation is 1. The van der Waals surface area contributed by atoms with Gasteiger partial charge in [-0.15, -0.1) is 0 Å². The number of hydrogen-bond donors (Lipinski definition) is 1. The van der Waals surface area contributed by atoms with Gasteiger partial charge in [0.1, 0.15) is 0 Å². The molecule has 0 aliphatic heterocycles. The molecular formula is C25H24N4O. The van der Waals surface area contributed by atoms with Gasteiger partial charge in [0, 0.05) is 29.4 Å². The van der Waals surface area contributed by atoms with E-state index >= 15 is 0 Å². The summed E-state index contributed by atoms with van der Waals surface area (Å²) in [6.45, 7) is 2.84. The Morgan fingerprint density at radius 3 is 2.47 bits per heavy atom. The van der Waals surface area contributed by atoms with E-state index in [0.29, 0.717) is 5.56 Å². The van der Waals surface area contributed by atoms with E-state index in [4.69, 9.17) is 0 Å². The van der Waals surface area contributed by atoms with Crippen molar-refractivity contribution in [3.05, 3.63) is 89.7 Å². The Kier molecular flexibility index (Phi) is 5.55. The van der Waals surface area contributed by atoms with Crippen molar-refractivity contribution in [2.45, 2.75) is 13.5 Å². The Morgan fingerprint density at radius 1 is 0.967 bits per heavy atom. The van der Waals surface area contributed by atoms with E-state index in [2.05, 4.69) is 39.2 Å².